The Balaban J connectivity index is 1.26. The zero-order valence-electron chi connectivity index (χ0n) is 36.2. The molecule has 61 heavy (non-hydrogen) atoms. The van der Waals surface area contributed by atoms with Crippen LogP contribution in [0.5, 0.6) is 0 Å². The summed E-state index contributed by atoms with van der Waals surface area (Å²) in [6.07, 6.45) is 19.6. The minimum absolute atomic E-state index is 0.494. The van der Waals surface area contributed by atoms with Crippen LogP contribution < -0.4 is 0 Å². The highest BCUT2D eigenvalue weighted by molar-refractivity contribution is 5.95. The lowest BCUT2D eigenvalue weighted by Gasteiger charge is -2.37. The molecule has 0 bridgehead atoms. The van der Waals surface area contributed by atoms with E-state index in [1.165, 1.54) is 83.5 Å². The van der Waals surface area contributed by atoms with Crippen LogP contribution in [0.1, 0.15) is 91.2 Å². The van der Waals surface area contributed by atoms with E-state index in [1.807, 2.05) is 6.08 Å². The first-order valence-corrected chi connectivity index (χ1v) is 21.6. The van der Waals surface area contributed by atoms with Crippen molar-refractivity contribution < 1.29 is 0 Å². The SMILES string of the molecule is C=C/C(C)=C(\c1ccc(-n2c3c(c4ccccc42)CCC=C3)cc1)c1ccccc1/C(=C(C)/C=C\C)c1ccc(C(/C(C)=C/C=C\C)(c2ccccc2)c2ccccc2)cc1. The summed E-state index contributed by atoms with van der Waals surface area (Å²) in [6, 6.07) is 58.0. The lowest BCUT2D eigenvalue weighted by molar-refractivity contribution is 0.724. The van der Waals surface area contributed by atoms with Crippen molar-refractivity contribution in [3.05, 3.63) is 274 Å². The Morgan fingerprint density at radius 3 is 1.72 bits per heavy atom. The number of aromatic nitrogens is 1. The van der Waals surface area contributed by atoms with Gasteiger partial charge in [-0.25, -0.2) is 0 Å². The predicted molar refractivity (Wildman–Crippen MR) is 263 cm³/mol. The van der Waals surface area contributed by atoms with Gasteiger partial charge in [-0.2, -0.15) is 0 Å². The van der Waals surface area contributed by atoms with Crippen LogP contribution in [0.15, 0.2) is 224 Å². The van der Waals surface area contributed by atoms with E-state index < -0.39 is 5.41 Å². The molecule has 1 heteroatoms. The van der Waals surface area contributed by atoms with Crippen LogP contribution in [0.25, 0.3) is 33.8 Å². The molecule has 0 amide bonds. The molecule has 1 nitrogen and oxygen atoms in total. The molecule has 0 N–H and O–H groups in total. The van der Waals surface area contributed by atoms with E-state index in [4.69, 9.17) is 0 Å². The molecule has 0 fully saturated rings. The van der Waals surface area contributed by atoms with Crippen LogP contribution in [0, 0.1) is 0 Å². The van der Waals surface area contributed by atoms with E-state index >= 15 is 0 Å². The molecular formula is C60H55N. The van der Waals surface area contributed by atoms with Crippen molar-refractivity contribution in [3.63, 3.8) is 0 Å². The summed E-state index contributed by atoms with van der Waals surface area (Å²) in [5.41, 5.74) is 19.0. The Kier molecular flexibility index (Phi) is 12.1. The summed E-state index contributed by atoms with van der Waals surface area (Å²) in [7, 11) is 0. The van der Waals surface area contributed by atoms with E-state index in [0.29, 0.717) is 0 Å². The van der Waals surface area contributed by atoms with Gasteiger partial charge in [-0.05, 0) is 139 Å². The predicted octanol–water partition coefficient (Wildman–Crippen LogP) is 15.9. The van der Waals surface area contributed by atoms with Crippen molar-refractivity contribution in [2.75, 3.05) is 0 Å². The molecule has 0 saturated carbocycles. The molecule has 0 radical (unpaired) electrons. The smallest absolute Gasteiger partial charge is 0.0661 e. The molecule has 1 aliphatic carbocycles. The lowest BCUT2D eigenvalue weighted by Crippen LogP contribution is -2.31. The summed E-state index contributed by atoms with van der Waals surface area (Å²) in [4.78, 5) is 0. The second-order valence-corrected chi connectivity index (χ2v) is 16.0. The Morgan fingerprint density at radius 1 is 0.590 bits per heavy atom. The first-order chi connectivity index (χ1) is 29.9. The monoisotopic (exact) mass is 789 g/mol. The highest BCUT2D eigenvalue weighted by atomic mass is 15.0. The zero-order valence-corrected chi connectivity index (χ0v) is 36.2. The third-order valence-corrected chi connectivity index (χ3v) is 12.4. The fourth-order valence-corrected chi connectivity index (χ4v) is 9.60. The van der Waals surface area contributed by atoms with Crippen molar-refractivity contribution in [2.24, 2.45) is 0 Å². The Bertz CT molecular complexity index is 2830. The van der Waals surface area contributed by atoms with Gasteiger partial charge in [-0.1, -0.05) is 194 Å². The van der Waals surface area contributed by atoms with Crippen molar-refractivity contribution in [1.82, 2.24) is 4.57 Å². The van der Waals surface area contributed by atoms with Crippen molar-refractivity contribution in [2.45, 2.75) is 52.9 Å². The van der Waals surface area contributed by atoms with Crippen LogP contribution in [-0.4, -0.2) is 4.57 Å². The van der Waals surface area contributed by atoms with Crippen LogP contribution in [0.2, 0.25) is 0 Å². The van der Waals surface area contributed by atoms with E-state index in [2.05, 4.69) is 246 Å². The Morgan fingerprint density at radius 2 is 1.13 bits per heavy atom. The van der Waals surface area contributed by atoms with Gasteiger partial charge in [0.2, 0.25) is 0 Å². The van der Waals surface area contributed by atoms with Gasteiger partial charge in [0.15, 0.2) is 0 Å². The number of para-hydroxylation sites is 1. The van der Waals surface area contributed by atoms with Gasteiger partial charge >= 0.3 is 0 Å². The average Bonchev–Trinajstić information content (AvgIpc) is 3.65. The van der Waals surface area contributed by atoms with Gasteiger partial charge in [0.1, 0.15) is 0 Å². The molecule has 7 aromatic rings. The summed E-state index contributed by atoms with van der Waals surface area (Å²) in [6.45, 7) is 15.1. The van der Waals surface area contributed by atoms with E-state index in [1.54, 1.807) is 0 Å². The second kappa shape index (κ2) is 18.1. The summed E-state index contributed by atoms with van der Waals surface area (Å²) < 4.78 is 2.43. The number of hydrogen-bond donors (Lipinski definition) is 0. The Hall–Kier alpha value is -6.96. The number of benzene rings is 6. The molecule has 0 spiro atoms. The summed E-state index contributed by atoms with van der Waals surface area (Å²) >= 11 is 0. The fourth-order valence-electron chi connectivity index (χ4n) is 9.60. The molecule has 1 aromatic heterocycles. The topological polar surface area (TPSA) is 4.93 Å². The molecule has 6 aromatic carbocycles. The second-order valence-electron chi connectivity index (χ2n) is 16.0. The molecule has 1 aliphatic rings. The van der Waals surface area contributed by atoms with Crippen molar-refractivity contribution in [3.8, 4) is 5.69 Å². The standard InChI is InChI=1S/C60H55N/c1-7-10-24-45(6)60(48-25-13-11-14-26-48,49-27-15-12-16-28-49)50-39-35-46(36-40-50)59(44(5)23-8-2)55-32-18-17-31-54(55)58(43(4)9-3)47-37-41-51(42-38-47)61-56-33-21-19-29-52(56)53-30-20-22-34-57(53)61/h7-19,21-29,31-42H,3,20,30H2,1-2,4-6H3/b10-7-,23-8-,45-24+,58-43+,59-44+. The van der Waals surface area contributed by atoms with E-state index in [-0.39, 0.29) is 0 Å². The van der Waals surface area contributed by atoms with Gasteiger partial charge in [0.25, 0.3) is 0 Å². The quantitative estimate of drug-likeness (QED) is 0.0858. The van der Waals surface area contributed by atoms with Gasteiger partial charge in [0, 0.05) is 16.8 Å². The number of allylic oxidation sites excluding steroid dienone is 10. The molecule has 1 heterocycles. The van der Waals surface area contributed by atoms with Gasteiger partial charge in [-0.3, -0.25) is 0 Å². The van der Waals surface area contributed by atoms with Gasteiger partial charge in [-0.15, -0.1) is 0 Å². The van der Waals surface area contributed by atoms with Gasteiger partial charge < -0.3 is 4.57 Å². The van der Waals surface area contributed by atoms with Crippen LogP contribution in [0.4, 0.5) is 0 Å². The van der Waals surface area contributed by atoms with E-state index in [9.17, 15) is 0 Å². The maximum atomic E-state index is 4.28. The molecular weight excluding hydrogens is 735 g/mol. The zero-order chi connectivity index (χ0) is 42.3. The minimum Gasteiger partial charge on any atom is -0.310 e. The lowest BCUT2D eigenvalue weighted by atomic mass is 9.65. The maximum absolute atomic E-state index is 4.28. The van der Waals surface area contributed by atoms with Crippen LogP contribution in [-0.2, 0) is 11.8 Å². The fraction of sp³-hybridized carbons (Fsp3) is 0.133. The molecule has 0 aliphatic heterocycles. The average molecular weight is 790 g/mol. The number of aryl methyl sites for hydroxylation is 1. The molecule has 0 atom stereocenters. The normalized spacial score (nSPS) is 14.0. The van der Waals surface area contributed by atoms with E-state index in [0.717, 1.165) is 24.0 Å². The largest absolute Gasteiger partial charge is 0.310 e. The van der Waals surface area contributed by atoms with Crippen LogP contribution >= 0.6 is 0 Å². The number of hydrogen-bond acceptors (Lipinski definition) is 0. The van der Waals surface area contributed by atoms with Gasteiger partial charge in [0.05, 0.1) is 10.9 Å². The summed E-state index contributed by atoms with van der Waals surface area (Å²) in [5.74, 6) is 0. The number of fused-ring (bicyclic) bond motifs is 3. The first kappa shape index (κ1) is 40.8. The number of rotatable bonds is 12. The molecule has 300 valence electrons. The van der Waals surface area contributed by atoms with Crippen LogP contribution in [0.3, 0.4) is 0 Å². The highest BCUT2D eigenvalue weighted by Crippen LogP contribution is 2.46. The first-order valence-electron chi connectivity index (χ1n) is 21.6. The minimum atomic E-state index is -0.494. The Labute approximate surface area is 363 Å². The summed E-state index contributed by atoms with van der Waals surface area (Å²) in [5, 5.41) is 1.35. The van der Waals surface area contributed by atoms with Crippen molar-refractivity contribution >= 4 is 28.1 Å². The maximum Gasteiger partial charge on any atom is 0.0661 e. The number of nitrogens with zero attached hydrogens (tertiary/aromatic N) is 1. The van der Waals surface area contributed by atoms with Crippen molar-refractivity contribution in [1.29, 1.82) is 0 Å². The third-order valence-electron chi connectivity index (χ3n) is 12.4. The highest BCUT2D eigenvalue weighted by Gasteiger charge is 2.38. The molecule has 8 rings (SSSR count). The molecule has 0 saturated heterocycles. The molecule has 0 unspecified atom stereocenters. The third kappa shape index (κ3) is 7.58.